The Balaban J connectivity index is 0.000001000. The van der Waals surface area contributed by atoms with Crippen molar-refractivity contribution < 1.29 is 20.4 Å². The van der Waals surface area contributed by atoms with Crippen LogP contribution in [0.5, 0.6) is 0 Å². The van der Waals surface area contributed by atoms with Gasteiger partial charge in [0.25, 0.3) is 0 Å². The molecule has 0 atom stereocenters. The van der Waals surface area contributed by atoms with Crippen molar-refractivity contribution in [3.8, 4) is 0 Å². The first-order valence-corrected chi connectivity index (χ1v) is 3.55. The molecule has 1 rings (SSSR count). The van der Waals surface area contributed by atoms with Crippen LogP contribution in [0.15, 0.2) is 22.7 Å². The van der Waals surface area contributed by atoms with E-state index in [0.29, 0.717) is 11.3 Å². The molecule has 0 aliphatic carbocycles. The first-order chi connectivity index (χ1) is 4.74. The molecule has 0 aromatic heterocycles. The van der Waals surface area contributed by atoms with Crippen molar-refractivity contribution in [1.29, 1.82) is 5.41 Å². The summed E-state index contributed by atoms with van der Waals surface area (Å²) in [6.07, 6.45) is 1.18. The van der Waals surface area contributed by atoms with E-state index in [2.05, 4.69) is 15.9 Å². The number of nitrogens with one attached hydrogen (secondary N) is 2. The molecular weight excluding hydrogens is 298 g/mol. The minimum absolute atomic E-state index is 0. The molecule has 0 heterocycles. The fraction of sp³-hybridized carbons (Fsp3) is 0. The molecule has 0 amide bonds. The number of hydrogen-bond acceptors (Lipinski definition) is 1. The summed E-state index contributed by atoms with van der Waals surface area (Å²) in [6.45, 7) is 0. The Bertz CT molecular complexity index is 263. The Morgan fingerprint density at radius 1 is 1.45 bits per heavy atom. The molecule has 4 heteroatoms. The van der Waals surface area contributed by atoms with Gasteiger partial charge < -0.3 is 11.1 Å². The topological polar surface area (TPSA) is 47.7 Å². The Kier molecular flexibility index (Phi) is 4.59. The zero-order valence-electron chi connectivity index (χ0n) is 5.50. The third-order valence-electron chi connectivity index (χ3n) is 1.17. The predicted molar refractivity (Wildman–Crippen MR) is 46.0 cm³/mol. The molecule has 0 aliphatic heterocycles. The summed E-state index contributed by atoms with van der Waals surface area (Å²) in [5.74, 6) is 0. The predicted octanol–water partition coefficient (Wildman–Crippen LogP) is 3.13. The van der Waals surface area contributed by atoms with Crippen LogP contribution in [0.3, 0.4) is 0 Å². The largest absolute Gasteiger partial charge is 0.698 e. The van der Waals surface area contributed by atoms with Crippen LogP contribution in [-0.4, -0.2) is 6.21 Å². The molecule has 0 saturated carbocycles. The maximum absolute atomic E-state index is 7.33. The molecule has 1 aromatic rings. The van der Waals surface area contributed by atoms with E-state index in [0.717, 1.165) is 4.47 Å². The number of hydrogen-bond donors (Lipinski definition) is 1. The van der Waals surface area contributed by atoms with Gasteiger partial charge in [-0.3, -0.25) is 0 Å². The van der Waals surface area contributed by atoms with E-state index in [9.17, 15) is 0 Å². The molecule has 0 aliphatic rings. The zero-order valence-corrected chi connectivity index (χ0v) is 8.64. The van der Waals surface area contributed by atoms with E-state index < -0.39 is 0 Å². The van der Waals surface area contributed by atoms with Crippen LogP contribution in [0, 0.1) is 5.41 Å². The van der Waals surface area contributed by atoms with Gasteiger partial charge in [-0.05, 0) is 11.6 Å². The fourth-order valence-corrected chi connectivity index (χ4v) is 1.02. The first kappa shape index (κ1) is 10.8. The van der Waals surface area contributed by atoms with Crippen molar-refractivity contribution in [1.82, 2.24) is 0 Å². The Labute approximate surface area is 87.5 Å². The molecule has 0 bridgehead atoms. The average Bonchev–Trinajstić information content (AvgIpc) is 1.88. The fourth-order valence-electron chi connectivity index (χ4n) is 0.654. The SMILES string of the molecule is N=Cc1ccc(Br)cc1[NH-].[Pd]. The van der Waals surface area contributed by atoms with Crippen molar-refractivity contribution in [3.05, 3.63) is 34.0 Å². The van der Waals surface area contributed by atoms with Crippen molar-refractivity contribution in [2.24, 2.45) is 0 Å². The van der Waals surface area contributed by atoms with E-state index in [1.165, 1.54) is 6.21 Å². The Morgan fingerprint density at radius 2 is 2.09 bits per heavy atom. The van der Waals surface area contributed by atoms with Crippen LogP contribution in [0.25, 0.3) is 5.73 Å². The van der Waals surface area contributed by atoms with E-state index >= 15 is 0 Å². The van der Waals surface area contributed by atoms with Gasteiger partial charge >= 0.3 is 0 Å². The van der Waals surface area contributed by atoms with Gasteiger partial charge in [-0.15, -0.1) is 5.69 Å². The van der Waals surface area contributed by atoms with E-state index in [-0.39, 0.29) is 20.4 Å². The molecule has 0 unspecified atom stereocenters. The van der Waals surface area contributed by atoms with Crippen molar-refractivity contribution in [2.75, 3.05) is 0 Å². The van der Waals surface area contributed by atoms with Crippen molar-refractivity contribution in [3.63, 3.8) is 0 Å². The average molecular weight is 304 g/mol. The maximum atomic E-state index is 7.33. The maximum Gasteiger partial charge on any atom is 0.0237 e. The van der Waals surface area contributed by atoms with Gasteiger partial charge in [0, 0.05) is 31.1 Å². The van der Waals surface area contributed by atoms with Gasteiger partial charge in [0.2, 0.25) is 0 Å². The standard InChI is InChI=1S/C7H6BrN2.Pd/c8-6-2-1-5(4-9)7(10)3-6;/h1-4,9-10H;/q-1;. The summed E-state index contributed by atoms with van der Waals surface area (Å²) in [5.41, 5.74) is 8.35. The van der Waals surface area contributed by atoms with Crippen LogP contribution >= 0.6 is 15.9 Å². The first-order valence-electron chi connectivity index (χ1n) is 2.75. The second-order valence-corrected chi connectivity index (χ2v) is 2.79. The number of halogens is 1. The smallest absolute Gasteiger partial charge is 0.0237 e. The summed E-state index contributed by atoms with van der Waals surface area (Å²) in [5, 5.41) is 6.89. The zero-order chi connectivity index (χ0) is 7.56. The van der Waals surface area contributed by atoms with Gasteiger partial charge in [0.15, 0.2) is 0 Å². The second kappa shape index (κ2) is 4.66. The molecule has 2 N–H and O–H groups in total. The minimum Gasteiger partial charge on any atom is -0.698 e. The number of rotatable bonds is 1. The molecule has 2 nitrogen and oxygen atoms in total. The van der Waals surface area contributed by atoms with Gasteiger partial charge in [-0.2, -0.15) is 0 Å². The van der Waals surface area contributed by atoms with Crippen LogP contribution in [0.1, 0.15) is 5.56 Å². The Morgan fingerprint density at radius 3 is 2.55 bits per heavy atom. The molecule has 0 radical (unpaired) electrons. The monoisotopic (exact) mass is 303 g/mol. The summed E-state index contributed by atoms with van der Waals surface area (Å²) in [7, 11) is 0. The molecule has 11 heavy (non-hydrogen) atoms. The second-order valence-electron chi connectivity index (χ2n) is 1.88. The van der Waals surface area contributed by atoms with Crippen LogP contribution in [0.2, 0.25) is 0 Å². The Hall–Kier alpha value is -0.168. The van der Waals surface area contributed by atoms with Crippen LogP contribution in [0.4, 0.5) is 5.69 Å². The van der Waals surface area contributed by atoms with Gasteiger partial charge in [0.1, 0.15) is 0 Å². The summed E-state index contributed by atoms with van der Waals surface area (Å²) >= 11 is 3.23. The van der Waals surface area contributed by atoms with Crippen LogP contribution < -0.4 is 0 Å². The summed E-state index contributed by atoms with van der Waals surface area (Å²) in [4.78, 5) is 0. The number of benzene rings is 1. The van der Waals surface area contributed by atoms with Gasteiger partial charge in [-0.25, -0.2) is 0 Å². The van der Waals surface area contributed by atoms with Crippen molar-refractivity contribution in [2.45, 2.75) is 0 Å². The van der Waals surface area contributed by atoms with Crippen LogP contribution in [-0.2, 0) is 20.4 Å². The summed E-state index contributed by atoms with van der Waals surface area (Å²) < 4.78 is 0.878. The molecule has 62 valence electrons. The van der Waals surface area contributed by atoms with Gasteiger partial charge in [-0.1, -0.05) is 28.1 Å². The molecular formula is C7H6BrN2Pd-. The molecule has 0 saturated heterocycles. The molecule has 0 fully saturated rings. The molecule has 1 aromatic carbocycles. The quantitative estimate of drug-likeness (QED) is 0.612. The third-order valence-corrected chi connectivity index (χ3v) is 1.66. The summed E-state index contributed by atoms with van der Waals surface area (Å²) in [6, 6.07) is 5.22. The molecule has 0 spiro atoms. The van der Waals surface area contributed by atoms with E-state index in [4.69, 9.17) is 11.1 Å². The third kappa shape index (κ3) is 2.74. The normalized spacial score (nSPS) is 8.45. The minimum atomic E-state index is 0. The van der Waals surface area contributed by atoms with Gasteiger partial charge in [0.05, 0.1) is 0 Å². The van der Waals surface area contributed by atoms with E-state index in [1.54, 1.807) is 12.1 Å². The van der Waals surface area contributed by atoms with Crippen molar-refractivity contribution >= 4 is 27.8 Å². The van der Waals surface area contributed by atoms with E-state index in [1.807, 2.05) is 6.07 Å².